The average molecular weight is 925 g/mol. The molecule has 4 fully saturated rings. The Morgan fingerprint density at radius 1 is 0.862 bits per heavy atom. The van der Waals surface area contributed by atoms with Gasteiger partial charge in [0.25, 0.3) is 6.02 Å². The molecule has 0 spiro atoms. The van der Waals surface area contributed by atoms with Crippen molar-refractivity contribution in [3.63, 3.8) is 0 Å². The second-order valence-corrected chi connectivity index (χ2v) is 18.6. The summed E-state index contributed by atoms with van der Waals surface area (Å²) in [6, 6.07) is -3.21. The Morgan fingerprint density at radius 2 is 1.43 bits per heavy atom. The van der Waals surface area contributed by atoms with Crippen LogP contribution >= 0.6 is 0 Å². The molecule has 366 valence electrons. The zero-order chi connectivity index (χ0) is 48.4. The SMILES string of the molecule is C=CCC1=C(C)C(OC(=O)C2C(C=C(C)C)C2(C)C)CC1=O.CC(=O)N[C@H]1[C@H](O[C@H]2[C@@H](O)[C@@H](NC(C)=O)[C@H](O[C@H]3[C@H](O)[C@H]4N=C(N(C)C)O[C@H]4[C@@H]3CO)O[C@@H]2CO)O[C@H](CO)[C@@H](O)[C@H]1O. The number of fused-ring (bicyclic) bond motifs is 1. The van der Waals surface area contributed by atoms with Crippen LogP contribution in [0.4, 0.5) is 0 Å². The highest BCUT2D eigenvalue weighted by atomic mass is 16.7. The van der Waals surface area contributed by atoms with Crippen molar-refractivity contribution in [2.45, 2.75) is 153 Å². The number of rotatable bonds is 14. The molecule has 0 aromatic rings. The van der Waals surface area contributed by atoms with Gasteiger partial charge in [-0.3, -0.25) is 19.2 Å². The van der Waals surface area contributed by atoms with E-state index < -0.39 is 129 Å². The Kier molecular flexibility index (Phi) is 17.1. The lowest BCUT2D eigenvalue weighted by molar-refractivity contribution is -0.339. The molecule has 3 aliphatic carbocycles. The van der Waals surface area contributed by atoms with Gasteiger partial charge >= 0.3 is 5.97 Å². The van der Waals surface area contributed by atoms with Crippen LogP contribution < -0.4 is 10.6 Å². The van der Waals surface area contributed by atoms with E-state index in [1.54, 1.807) is 25.1 Å². The first-order valence-corrected chi connectivity index (χ1v) is 21.8. The predicted molar refractivity (Wildman–Crippen MR) is 228 cm³/mol. The van der Waals surface area contributed by atoms with Crippen molar-refractivity contribution < 1.29 is 83.3 Å². The van der Waals surface area contributed by atoms with E-state index in [1.807, 2.05) is 20.8 Å². The van der Waals surface area contributed by atoms with Gasteiger partial charge in [-0.25, -0.2) is 4.99 Å². The number of ketones is 1. The first-order valence-electron chi connectivity index (χ1n) is 21.8. The lowest BCUT2D eigenvalue weighted by Gasteiger charge is -2.48. The lowest BCUT2D eigenvalue weighted by atomic mass is 9.94. The van der Waals surface area contributed by atoms with Gasteiger partial charge < -0.3 is 79.7 Å². The van der Waals surface area contributed by atoms with E-state index in [0.29, 0.717) is 6.42 Å². The molecule has 3 aliphatic heterocycles. The summed E-state index contributed by atoms with van der Waals surface area (Å²) in [5.74, 6) is -1.95. The molecule has 21 heteroatoms. The van der Waals surface area contributed by atoms with Crippen molar-refractivity contribution in [2.75, 3.05) is 33.9 Å². The van der Waals surface area contributed by atoms with Gasteiger partial charge in [0.2, 0.25) is 11.8 Å². The van der Waals surface area contributed by atoms with E-state index in [2.05, 4.69) is 42.1 Å². The predicted octanol–water partition coefficient (Wildman–Crippen LogP) is -2.05. The average Bonchev–Trinajstić information content (AvgIpc) is 3.51. The minimum Gasteiger partial charge on any atom is -0.459 e. The number of aliphatic hydroxyl groups is 7. The standard InChI is InChI=1S/C25H42N4O14.C19H26O3/c1-8(33)26-14-17(36)16(35)11(6-31)39-23(14)42-22-12(7-32)40-24(15(19(22)38)27-9(2)34)41-21-10(5-30)20-13(18(21)37)28-25(43-20)29(3)4;1-7-8-13-12(4)16(10-15(13)20)22-18(21)17-14(9-11(2)3)19(17,5)6/h10-24,30-32,35-38H,5-7H2,1-4H3,(H,26,33)(H,27,34);7,9,14,16-17H,1,8,10H2,2-6H3/t10-,11+,12+,13+,14+,15+,16+,17-,18+,19-,20-,21+,22+,23-,24-;/m0./s1. The molecule has 3 unspecified atom stereocenters. The summed E-state index contributed by atoms with van der Waals surface area (Å²) in [4.78, 5) is 54.4. The molecule has 3 heterocycles. The summed E-state index contributed by atoms with van der Waals surface area (Å²) < 4.78 is 35.0. The molecule has 65 heavy (non-hydrogen) atoms. The molecule has 21 nitrogen and oxygen atoms in total. The molecule has 6 rings (SSSR count). The normalized spacial score (nSPS) is 39.2. The zero-order valence-corrected chi connectivity index (χ0v) is 38.4. The van der Waals surface area contributed by atoms with Crippen molar-refractivity contribution in [1.82, 2.24) is 15.5 Å². The highest BCUT2D eigenvalue weighted by Gasteiger charge is 2.62. The van der Waals surface area contributed by atoms with Crippen LogP contribution in [-0.4, -0.2) is 196 Å². The zero-order valence-electron chi connectivity index (χ0n) is 38.4. The fourth-order valence-electron chi connectivity index (χ4n) is 9.33. The Balaban J connectivity index is 0.000000302. The van der Waals surface area contributed by atoms with Crippen LogP contribution in [0.2, 0.25) is 0 Å². The van der Waals surface area contributed by atoms with Crippen LogP contribution in [-0.2, 0) is 47.6 Å². The van der Waals surface area contributed by atoms with Gasteiger partial charge in [-0.15, -0.1) is 6.58 Å². The maximum absolute atomic E-state index is 12.5. The smallest absolute Gasteiger partial charge is 0.310 e. The number of hydrogen-bond donors (Lipinski definition) is 9. The summed E-state index contributed by atoms with van der Waals surface area (Å²) >= 11 is 0. The van der Waals surface area contributed by atoms with Crippen LogP contribution in [0.25, 0.3) is 0 Å². The number of carbonyl (C=O) groups excluding carboxylic acids is 4. The van der Waals surface area contributed by atoms with Crippen molar-refractivity contribution in [2.24, 2.45) is 28.2 Å². The first-order chi connectivity index (χ1) is 30.5. The number of nitrogens with one attached hydrogen (secondary N) is 2. The first kappa shape index (κ1) is 52.1. The molecule has 0 aromatic heterocycles. The summed E-state index contributed by atoms with van der Waals surface area (Å²) in [5.41, 5.74) is 2.80. The maximum Gasteiger partial charge on any atom is 0.310 e. The number of aliphatic imine (C=N–C) groups is 1. The van der Waals surface area contributed by atoms with E-state index in [1.165, 1.54) is 12.5 Å². The lowest BCUT2D eigenvalue weighted by Crippen LogP contribution is -2.69. The van der Waals surface area contributed by atoms with Crippen molar-refractivity contribution in [3.05, 3.63) is 35.5 Å². The number of allylic oxidation sites excluding steroid dienone is 4. The Morgan fingerprint density at radius 3 is 1.95 bits per heavy atom. The summed E-state index contributed by atoms with van der Waals surface area (Å²) in [6.45, 7) is 14.2. The largest absolute Gasteiger partial charge is 0.459 e. The molecule has 18 atom stereocenters. The second-order valence-electron chi connectivity index (χ2n) is 18.6. The number of nitrogens with zero attached hydrogens (tertiary/aromatic N) is 2. The number of amides is 2. The van der Waals surface area contributed by atoms with Crippen molar-refractivity contribution >= 4 is 29.6 Å². The highest BCUT2D eigenvalue weighted by Crippen LogP contribution is 2.60. The number of amidine groups is 1. The number of ether oxygens (including phenoxy) is 6. The van der Waals surface area contributed by atoms with Crippen molar-refractivity contribution in [3.8, 4) is 0 Å². The summed E-state index contributed by atoms with van der Waals surface area (Å²) in [7, 11) is 3.42. The third-order valence-corrected chi connectivity index (χ3v) is 13.0. The molecule has 2 saturated carbocycles. The Labute approximate surface area is 378 Å². The number of aliphatic hydroxyl groups excluding tert-OH is 7. The van der Waals surface area contributed by atoms with Gasteiger partial charge in [-0.2, -0.15) is 0 Å². The monoisotopic (exact) mass is 924 g/mol. The summed E-state index contributed by atoms with van der Waals surface area (Å²) in [5, 5.41) is 78.3. The maximum atomic E-state index is 12.5. The third-order valence-electron chi connectivity index (χ3n) is 13.0. The minimum atomic E-state index is -1.67. The van der Waals surface area contributed by atoms with Crippen LogP contribution in [0.5, 0.6) is 0 Å². The fourth-order valence-corrected chi connectivity index (χ4v) is 9.33. The van der Waals surface area contributed by atoms with Gasteiger partial charge in [0.1, 0.15) is 73.1 Å². The van der Waals surface area contributed by atoms with E-state index in [9.17, 15) is 54.9 Å². The van der Waals surface area contributed by atoms with Crippen LogP contribution in [0.3, 0.4) is 0 Å². The van der Waals surface area contributed by atoms with E-state index in [-0.39, 0.29) is 41.4 Å². The van der Waals surface area contributed by atoms with Gasteiger partial charge in [-0.1, -0.05) is 31.6 Å². The van der Waals surface area contributed by atoms with E-state index in [0.717, 1.165) is 18.1 Å². The van der Waals surface area contributed by atoms with E-state index in [4.69, 9.17) is 28.4 Å². The number of hydrogen-bond acceptors (Lipinski definition) is 19. The molecule has 6 aliphatic rings. The van der Waals surface area contributed by atoms with Gasteiger partial charge in [0, 0.05) is 33.5 Å². The third kappa shape index (κ3) is 11.1. The number of carbonyl (C=O) groups is 4. The Bertz CT molecular complexity index is 1850. The van der Waals surface area contributed by atoms with Crippen LogP contribution in [0, 0.1) is 23.2 Å². The van der Waals surface area contributed by atoms with Gasteiger partial charge in [0.05, 0.1) is 44.2 Å². The Hall–Kier alpha value is -3.87. The fraction of sp³-hybridized carbons (Fsp3) is 0.750. The molecule has 0 aromatic carbocycles. The molecule has 0 radical (unpaired) electrons. The molecule has 2 amide bonds. The number of Topliss-reactive ketones (excluding diaryl/α,β-unsaturated/α-hetero) is 1. The quantitative estimate of drug-likeness (QED) is 0.0669. The molecule has 0 bridgehead atoms. The molecule has 2 saturated heterocycles. The highest BCUT2D eigenvalue weighted by molar-refractivity contribution is 6.00. The second kappa shape index (κ2) is 21.4. The minimum absolute atomic E-state index is 0.0570. The molecular weight excluding hydrogens is 856 g/mol. The van der Waals surface area contributed by atoms with Crippen LogP contribution in [0.1, 0.15) is 61.3 Å². The molecule has 9 N–H and O–H groups in total. The number of esters is 1. The van der Waals surface area contributed by atoms with Crippen molar-refractivity contribution in [1.29, 1.82) is 0 Å². The molecular formula is C44H68N4O17. The van der Waals surface area contributed by atoms with Gasteiger partial charge in [-0.05, 0) is 44.1 Å². The van der Waals surface area contributed by atoms with Gasteiger partial charge in [0.15, 0.2) is 18.4 Å². The summed E-state index contributed by atoms with van der Waals surface area (Å²) in [6.07, 6.45) is -10.9. The van der Waals surface area contributed by atoms with Crippen LogP contribution in [0.15, 0.2) is 40.4 Å². The van der Waals surface area contributed by atoms with E-state index >= 15 is 0 Å². The topological polar surface area (TPSA) is 305 Å².